The number of hydrogen-bond donors (Lipinski definition) is 1. The zero-order valence-electron chi connectivity index (χ0n) is 17.6. The van der Waals surface area contributed by atoms with Crippen molar-refractivity contribution in [1.29, 1.82) is 5.26 Å². The summed E-state index contributed by atoms with van der Waals surface area (Å²) in [6.07, 6.45) is 1.55. The molecule has 1 aromatic carbocycles. The number of carbonyl (C=O) groups is 1. The zero-order chi connectivity index (χ0) is 22.8. The van der Waals surface area contributed by atoms with E-state index >= 15 is 0 Å². The number of pyridine rings is 1. The maximum Gasteiger partial charge on any atom is 0.198 e. The van der Waals surface area contributed by atoms with Crippen molar-refractivity contribution in [3.8, 4) is 17.3 Å². The number of carbonyl (C=O) groups excluding carboxylic acids is 1. The van der Waals surface area contributed by atoms with Crippen LogP contribution in [-0.4, -0.2) is 33.9 Å². The Morgan fingerprint density at radius 3 is 2.61 bits per heavy atom. The third kappa shape index (κ3) is 4.44. The van der Waals surface area contributed by atoms with E-state index < -0.39 is 7.14 Å². The standard InChI is InChI=1S/C21H21N6O3P/c1-5-19(28)15-12-23-20(26-29)9-17(15)24-16-8-6-7-13(14(16)11-22)18-10-21(27(2)25-18)31(3,4)30/h6-10,12H,5H2,1-4H3,(H,23,24). The van der Waals surface area contributed by atoms with Gasteiger partial charge in [0, 0.05) is 31.3 Å². The van der Waals surface area contributed by atoms with E-state index in [-0.39, 0.29) is 18.0 Å². The van der Waals surface area contributed by atoms with E-state index in [1.807, 2.05) is 0 Å². The molecular formula is C21H21N6O3P. The maximum atomic E-state index is 12.5. The van der Waals surface area contributed by atoms with E-state index in [9.17, 15) is 19.5 Å². The molecule has 158 valence electrons. The van der Waals surface area contributed by atoms with Crippen molar-refractivity contribution in [3.63, 3.8) is 0 Å². The van der Waals surface area contributed by atoms with Crippen LogP contribution in [0.5, 0.6) is 0 Å². The Hall–Kier alpha value is -3.63. The van der Waals surface area contributed by atoms with Gasteiger partial charge in [-0.05, 0) is 30.6 Å². The minimum absolute atomic E-state index is 0.0826. The largest absolute Gasteiger partial charge is 0.354 e. The summed E-state index contributed by atoms with van der Waals surface area (Å²) in [5.74, 6) is -0.251. The van der Waals surface area contributed by atoms with E-state index in [1.165, 1.54) is 12.3 Å². The number of nitriles is 1. The smallest absolute Gasteiger partial charge is 0.198 e. The van der Waals surface area contributed by atoms with Crippen LogP contribution in [0, 0.1) is 16.2 Å². The van der Waals surface area contributed by atoms with Gasteiger partial charge in [0.25, 0.3) is 0 Å². The second kappa shape index (κ2) is 8.62. The highest BCUT2D eigenvalue weighted by molar-refractivity contribution is 7.69. The molecule has 0 spiro atoms. The van der Waals surface area contributed by atoms with Crippen LogP contribution in [0.1, 0.15) is 29.3 Å². The van der Waals surface area contributed by atoms with Gasteiger partial charge < -0.3 is 9.88 Å². The van der Waals surface area contributed by atoms with Crippen molar-refractivity contribution in [3.05, 3.63) is 52.6 Å². The number of benzene rings is 1. The van der Waals surface area contributed by atoms with Gasteiger partial charge in [-0.1, -0.05) is 19.1 Å². The fourth-order valence-corrected chi connectivity index (χ4v) is 4.41. The van der Waals surface area contributed by atoms with Gasteiger partial charge in [0.2, 0.25) is 0 Å². The van der Waals surface area contributed by atoms with E-state index in [0.717, 1.165) is 0 Å². The van der Waals surface area contributed by atoms with Gasteiger partial charge in [0.1, 0.15) is 13.2 Å². The van der Waals surface area contributed by atoms with Gasteiger partial charge in [-0.3, -0.25) is 9.48 Å². The van der Waals surface area contributed by atoms with Gasteiger partial charge in [0.15, 0.2) is 11.6 Å². The first-order valence-electron chi connectivity index (χ1n) is 9.46. The average molecular weight is 436 g/mol. The van der Waals surface area contributed by atoms with Crippen molar-refractivity contribution < 1.29 is 9.36 Å². The molecule has 0 radical (unpaired) electrons. The monoisotopic (exact) mass is 436 g/mol. The maximum absolute atomic E-state index is 12.5. The molecule has 0 unspecified atom stereocenters. The molecule has 2 aromatic heterocycles. The van der Waals surface area contributed by atoms with Crippen LogP contribution >= 0.6 is 7.14 Å². The average Bonchev–Trinajstić information content (AvgIpc) is 3.15. The highest BCUT2D eigenvalue weighted by Gasteiger charge is 2.21. The summed E-state index contributed by atoms with van der Waals surface area (Å²) >= 11 is 0. The predicted molar refractivity (Wildman–Crippen MR) is 120 cm³/mol. The summed E-state index contributed by atoms with van der Waals surface area (Å²) in [5.41, 5.74) is 3.00. The predicted octanol–water partition coefficient (Wildman–Crippen LogP) is 4.34. The Morgan fingerprint density at radius 1 is 1.29 bits per heavy atom. The molecular weight excluding hydrogens is 415 g/mol. The Bertz CT molecular complexity index is 1270. The van der Waals surface area contributed by atoms with Gasteiger partial charge in [0.05, 0.1) is 33.6 Å². The number of ketones is 1. The van der Waals surface area contributed by atoms with E-state index in [1.54, 1.807) is 56.2 Å². The number of nitroso groups, excluding NO2 is 1. The summed E-state index contributed by atoms with van der Waals surface area (Å²) in [7, 11) is -0.850. The lowest BCUT2D eigenvalue weighted by Gasteiger charge is -2.13. The second-order valence-electron chi connectivity index (χ2n) is 7.28. The molecule has 10 heteroatoms. The van der Waals surface area contributed by atoms with E-state index in [2.05, 4.69) is 26.6 Å². The molecule has 0 amide bonds. The molecule has 2 heterocycles. The summed E-state index contributed by atoms with van der Waals surface area (Å²) in [4.78, 5) is 27.1. The van der Waals surface area contributed by atoms with Crippen molar-refractivity contribution in [2.24, 2.45) is 12.2 Å². The summed E-state index contributed by atoms with van der Waals surface area (Å²) in [6.45, 7) is 5.04. The van der Waals surface area contributed by atoms with E-state index in [0.29, 0.717) is 39.2 Å². The molecule has 9 nitrogen and oxygen atoms in total. The highest BCUT2D eigenvalue weighted by atomic mass is 31.2. The normalized spacial score (nSPS) is 11.1. The van der Waals surface area contributed by atoms with Gasteiger partial charge in [-0.2, -0.15) is 10.4 Å². The number of hydrogen-bond acceptors (Lipinski definition) is 8. The molecule has 0 atom stereocenters. The molecule has 0 saturated carbocycles. The van der Waals surface area contributed by atoms with Crippen LogP contribution in [0.4, 0.5) is 17.2 Å². The lowest BCUT2D eigenvalue weighted by atomic mass is 10.0. The number of rotatable bonds is 7. The van der Waals surface area contributed by atoms with Gasteiger partial charge in [-0.15, -0.1) is 4.91 Å². The molecule has 0 aliphatic rings. The summed E-state index contributed by atoms with van der Waals surface area (Å²) in [6, 6.07) is 10.4. The summed E-state index contributed by atoms with van der Waals surface area (Å²) in [5, 5.41) is 20.2. The molecule has 0 aliphatic heterocycles. The molecule has 0 bridgehead atoms. The molecule has 31 heavy (non-hydrogen) atoms. The van der Waals surface area contributed by atoms with E-state index in [4.69, 9.17) is 0 Å². The van der Waals surface area contributed by atoms with Crippen LogP contribution in [0.25, 0.3) is 11.3 Å². The molecule has 1 N–H and O–H groups in total. The van der Waals surface area contributed by atoms with Crippen LogP contribution in [-0.2, 0) is 11.6 Å². The number of anilines is 2. The first-order chi connectivity index (χ1) is 14.7. The van der Waals surface area contributed by atoms with Gasteiger partial charge in [-0.25, -0.2) is 4.98 Å². The topological polar surface area (TPSA) is 130 Å². The lowest BCUT2D eigenvalue weighted by Crippen LogP contribution is -2.13. The first kappa shape index (κ1) is 22.1. The fourth-order valence-electron chi connectivity index (χ4n) is 3.24. The molecule has 0 aliphatic carbocycles. The minimum Gasteiger partial charge on any atom is -0.354 e. The van der Waals surface area contributed by atoms with Crippen LogP contribution < -0.4 is 10.8 Å². The first-order valence-corrected chi connectivity index (χ1v) is 12.1. The van der Waals surface area contributed by atoms with Crippen LogP contribution in [0.2, 0.25) is 0 Å². The number of aromatic nitrogens is 3. The second-order valence-corrected chi connectivity index (χ2v) is 10.4. The number of nitrogens with zero attached hydrogens (tertiary/aromatic N) is 5. The Labute approximate surface area is 179 Å². The van der Waals surface area contributed by atoms with Crippen molar-refractivity contribution in [2.45, 2.75) is 13.3 Å². The van der Waals surface area contributed by atoms with Crippen molar-refractivity contribution in [1.82, 2.24) is 14.8 Å². The Morgan fingerprint density at radius 2 is 2.03 bits per heavy atom. The van der Waals surface area contributed by atoms with Crippen LogP contribution in [0.15, 0.2) is 41.7 Å². The molecule has 0 fully saturated rings. The molecule has 3 rings (SSSR count). The van der Waals surface area contributed by atoms with Gasteiger partial charge >= 0.3 is 0 Å². The number of nitrogens with one attached hydrogen (secondary N) is 1. The highest BCUT2D eigenvalue weighted by Crippen LogP contribution is 2.37. The van der Waals surface area contributed by atoms with Crippen molar-refractivity contribution >= 4 is 35.6 Å². The Balaban J connectivity index is 2.13. The molecule has 3 aromatic rings. The lowest BCUT2D eigenvalue weighted by molar-refractivity contribution is 0.0988. The van der Waals surface area contributed by atoms with Crippen molar-refractivity contribution in [2.75, 3.05) is 18.6 Å². The minimum atomic E-state index is -2.56. The third-order valence-electron chi connectivity index (χ3n) is 4.73. The van der Waals surface area contributed by atoms with Crippen LogP contribution in [0.3, 0.4) is 0 Å². The fraction of sp³-hybridized carbons (Fsp3) is 0.238. The zero-order valence-corrected chi connectivity index (χ0v) is 18.5. The third-order valence-corrected chi connectivity index (χ3v) is 6.25. The summed E-state index contributed by atoms with van der Waals surface area (Å²) < 4.78 is 14.1. The number of Topliss-reactive ketones (excluding diaryl/α,β-unsaturated/α-hetero) is 1. The Kier molecular flexibility index (Phi) is 6.14. The SMILES string of the molecule is CCC(=O)c1cnc(N=O)cc1Nc1cccc(-c2cc(P(C)(C)=O)n(C)n2)c1C#N. The molecule has 0 saturated heterocycles. The quantitative estimate of drug-likeness (QED) is 0.331. The number of aryl methyl sites for hydroxylation is 1.